The number of hydrogen-bond acceptors (Lipinski definition) is 8. The number of rotatable bonds is 12. The molecule has 5 aromatic rings. The highest BCUT2D eigenvalue weighted by Gasteiger charge is 2.32. The molecule has 3 saturated heterocycles. The van der Waals surface area contributed by atoms with E-state index in [0.717, 1.165) is 52.1 Å². The summed E-state index contributed by atoms with van der Waals surface area (Å²) in [6.45, 7) is 9.23. The molecule has 4 aromatic carbocycles. The highest BCUT2D eigenvalue weighted by Crippen LogP contribution is 2.34. The van der Waals surface area contributed by atoms with Gasteiger partial charge in [0.15, 0.2) is 6.61 Å². The fourth-order valence-electron chi connectivity index (χ4n) is 8.97. The van der Waals surface area contributed by atoms with E-state index in [4.69, 9.17) is 10.1 Å². The van der Waals surface area contributed by atoms with Crippen LogP contribution in [0.15, 0.2) is 97.1 Å². The third-order valence-corrected chi connectivity index (χ3v) is 12.3. The molecule has 11 heteroatoms. The van der Waals surface area contributed by atoms with Crippen LogP contribution in [-0.4, -0.2) is 97.3 Å². The number of benzene rings is 4. The van der Waals surface area contributed by atoms with E-state index in [1.807, 2.05) is 4.90 Å². The van der Waals surface area contributed by atoms with E-state index in [9.17, 15) is 14.4 Å². The van der Waals surface area contributed by atoms with E-state index in [2.05, 4.69) is 111 Å². The Hall–Kier alpha value is -5.94. The summed E-state index contributed by atoms with van der Waals surface area (Å²) in [6.07, 6.45) is 2.84. The first-order valence-corrected chi connectivity index (χ1v) is 20.6. The summed E-state index contributed by atoms with van der Waals surface area (Å²) < 4.78 is 8.37. The van der Waals surface area contributed by atoms with Gasteiger partial charge in [0.25, 0.3) is 5.91 Å². The number of hydrogen-bond donors (Lipinski definition) is 3. The van der Waals surface area contributed by atoms with Crippen molar-refractivity contribution in [1.29, 1.82) is 5.41 Å². The van der Waals surface area contributed by atoms with Gasteiger partial charge < -0.3 is 29.8 Å². The molecule has 1 aromatic heterocycles. The molecule has 0 aliphatic carbocycles. The van der Waals surface area contributed by atoms with E-state index < -0.39 is 11.8 Å². The van der Waals surface area contributed by atoms with Crippen LogP contribution in [0.2, 0.25) is 0 Å². The maximum Gasteiger partial charge on any atom is 0.260 e. The monoisotopic (exact) mass is 779 g/mol. The van der Waals surface area contributed by atoms with Gasteiger partial charge in [0, 0.05) is 99.7 Å². The summed E-state index contributed by atoms with van der Waals surface area (Å²) in [4.78, 5) is 44.0. The Morgan fingerprint density at radius 1 is 0.862 bits per heavy atom. The van der Waals surface area contributed by atoms with Crippen molar-refractivity contribution in [3.63, 3.8) is 0 Å². The topological polar surface area (TPSA) is 123 Å². The molecule has 0 saturated carbocycles. The lowest BCUT2D eigenvalue weighted by atomic mass is 9.88. The number of piperazine rings is 1. The summed E-state index contributed by atoms with van der Waals surface area (Å²) in [5.74, 6) is -0.322. The molecular formula is C47H53N7O4. The van der Waals surface area contributed by atoms with Crippen LogP contribution >= 0.6 is 0 Å². The highest BCUT2D eigenvalue weighted by atomic mass is 16.5. The number of amides is 3. The Balaban J connectivity index is 0.785. The number of nitrogens with one attached hydrogen (secondary N) is 3. The van der Waals surface area contributed by atoms with Crippen molar-refractivity contribution in [2.45, 2.75) is 39.2 Å². The quantitative estimate of drug-likeness (QED) is 0.0968. The van der Waals surface area contributed by atoms with Crippen LogP contribution < -0.4 is 20.3 Å². The van der Waals surface area contributed by atoms with Crippen LogP contribution in [0.5, 0.6) is 5.75 Å². The number of imide groups is 1. The average molecular weight is 780 g/mol. The molecule has 1 unspecified atom stereocenters. The normalized spacial score (nSPS) is 18.0. The smallest absolute Gasteiger partial charge is 0.260 e. The number of nitrogens with zero attached hydrogens (tertiary/aromatic N) is 4. The number of aromatic nitrogens is 1. The van der Waals surface area contributed by atoms with Crippen LogP contribution in [0, 0.1) is 24.2 Å². The Morgan fingerprint density at radius 2 is 1.59 bits per heavy atom. The van der Waals surface area contributed by atoms with Gasteiger partial charge in [-0.1, -0.05) is 60.7 Å². The van der Waals surface area contributed by atoms with Crippen molar-refractivity contribution in [1.82, 2.24) is 19.7 Å². The maximum absolute atomic E-state index is 13.1. The molecule has 58 heavy (non-hydrogen) atoms. The second kappa shape index (κ2) is 17.3. The number of anilines is 2. The minimum atomic E-state index is -0.685. The molecular weight excluding hydrogens is 727 g/mol. The summed E-state index contributed by atoms with van der Waals surface area (Å²) >= 11 is 0. The molecule has 1 atom stereocenters. The molecule has 300 valence electrons. The Kier molecular flexibility index (Phi) is 11.6. The SMILES string of the molecule is CNc1cc(OCC(=O)N2CCN(CC3CCN(c4ccc(Cn5c(-c6ccccc6)c(C)c6ccccc65)cc4)CC3)CC2)ccc1C(=N)C1CCC(=O)NC1=O. The molecule has 4 heterocycles. The van der Waals surface area contributed by atoms with Crippen LogP contribution in [0.1, 0.15) is 42.4 Å². The van der Waals surface area contributed by atoms with Gasteiger partial charge in [-0.2, -0.15) is 0 Å². The van der Waals surface area contributed by atoms with Gasteiger partial charge in [-0.25, -0.2) is 0 Å². The number of ether oxygens (including phenoxy) is 1. The average Bonchev–Trinajstić information content (AvgIpc) is 3.53. The van der Waals surface area contributed by atoms with Gasteiger partial charge in [0.2, 0.25) is 11.8 Å². The number of aryl methyl sites for hydroxylation is 1. The van der Waals surface area contributed by atoms with Gasteiger partial charge >= 0.3 is 0 Å². The lowest BCUT2D eigenvalue weighted by Crippen LogP contribution is -2.51. The second-order valence-corrected chi connectivity index (χ2v) is 15.9. The zero-order valence-corrected chi connectivity index (χ0v) is 33.5. The first kappa shape index (κ1) is 38.9. The summed E-state index contributed by atoms with van der Waals surface area (Å²) in [7, 11) is 1.74. The van der Waals surface area contributed by atoms with Crippen molar-refractivity contribution in [3.05, 3.63) is 114 Å². The standard InChI is InChI=1S/C47H53N7O4/c1-32-38-10-6-7-11-42(38)54(46(32)35-8-4-3-5-9-35)30-33-12-14-36(15-13-33)52-22-20-34(21-23-52)29-51-24-26-53(27-25-51)44(56)31-58-37-16-17-39(41(28-37)49-2)45(48)40-18-19-43(55)50-47(40)57/h3-17,28,34,40,48-49H,18-27,29-31H2,1-2H3,(H,50,55,57). The Labute approximate surface area is 340 Å². The van der Waals surface area contributed by atoms with E-state index in [0.29, 0.717) is 42.4 Å². The first-order chi connectivity index (χ1) is 28.2. The number of piperidine rings is 2. The lowest BCUT2D eigenvalue weighted by Gasteiger charge is -2.39. The third-order valence-electron chi connectivity index (χ3n) is 12.3. The van der Waals surface area contributed by atoms with Gasteiger partial charge in [-0.3, -0.25) is 24.6 Å². The minimum absolute atomic E-state index is 0.0428. The van der Waals surface area contributed by atoms with Gasteiger partial charge in [-0.05, 0) is 79.1 Å². The van der Waals surface area contributed by atoms with E-state index in [-0.39, 0.29) is 30.6 Å². The predicted octanol–water partition coefficient (Wildman–Crippen LogP) is 6.57. The second-order valence-electron chi connectivity index (χ2n) is 15.9. The van der Waals surface area contributed by atoms with Crippen molar-refractivity contribution in [2.24, 2.45) is 11.8 Å². The zero-order valence-electron chi connectivity index (χ0n) is 33.5. The number of carbonyl (C=O) groups excluding carboxylic acids is 3. The Bertz CT molecular complexity index is 2290. The van der Waals surface area contributed by atoms with Crippen LogP contribution in [0.3, 0.4) is 0 Å². The molecule has 8 rings (SSSR count). The molecule has 0 spiro atoms. The molecule has 3 aliphatic heterocycles. The lowest BCUT2D eigenvalue weighted by molar-refractivity contribution is -0.136. The largest absolute Gasteiger partial charge is 0.484 e. The van der Waals surface area contributed by atoms with Crippen molar-refractivity contribution in [2.75, 3.05) is 69.7 Å². The summed E-state index contributed by atoms with van der Waals surface area (Å²) in [5, 5.41) is 15.3. The van der Waals surface area contributed by atoms with Crippen LogP contribution in [0.4, 0.5) is 11.4 Å². The van der Waals surface area contributed by atoms with Gasteiger partial charge in [0.1, 0.15) is 5.75 Å². The third kappa shape index (κ3) is 8.36. The van der Waals surface area contributed by atoms with Crippen molar-refractivity contribution < 1.29 is 19.1 Å². The number of fused-ring (bicyclic) bond motifs is 1. The summed E-state index contributed by atoms with van der Waals surface area (Å²) in [5.41, 5.74) is 9.04. The molecule has 11 nitrogen and oxygen atoms in total. The van der Waals surface area contributed by atoms with Crippen LogP contribution in [-0.2, 0) is 20.9 Å². The fourth-order valence-corrected chi connectivity index (χ4v) is 8.97. The fraction of sp³-hybridized carbons (Fsp3) is 0.362. The number of para-hydroxylation sites is 1. The molecule has 0 bridgehead atoms. The number of carbonyl (C=O) groups is 3. The molecule has 3 N–H and O–H groups in total. The Morgan fingerprint density at radius 3 is 2.31 bits per heavy atom. The van der Waals surface area contributed by atoms with Crippen molar-refractivity contribution in [3.8, 4) is 17.0 Å². The summed E-state index contributed by atoms with van der Waals surface area (Å²) in [6, 6.07) is 33.8. The van der Waals surface area contributed by atoms with E-state index >= 15 is 0 Å². The molecule has 3 aliphatic rings. The van der Waals surface area contributed by atoms with E-state index in [1.165, 1.54) is 39.0 Å². The minimum Gasteiger partial charge on any atom is -0.484 e. The van der Waals surface area contributed by atoms with Gasteiger partial charge in [0.05, 0.1) is 17.3 Å². The van der Waals surface area contributed by atoms with Gasteiger partial charge in [-0.15, -0.1) is 0 Å². The van der Waals surface area contributed by atoms with E-state index in [1.54, 1.807) is 25.2 Å². The maximum atomic E-state index is 13.1. The van der Waals surface area contributed by atoms with Crippen LogP contribution in [0.25, 0.3) is 22.2 Å². The first-order valence-electron chi connectivity index (χ1n) is 20.6. The highest BCUT2D eigenvalue weighted by molar-refractivity contribution is 6.17. The predicted molar refractivity (Wildman–Crippen MR) is 230 cm³/mol. The molecule has 3 fully saturated rings. The zero-order chi connectivity index (χ0) is 40.2. The van der Waals surface area contributed by atoms with Crippen molar-refractivity contribution >= 4 is 45.7 Å². The molecule has 3 amide bonds. The molecule has 0 radical (unpaired) electrons.